The molecule has 1 amide bonds. The zero-order valence-electron chi connectivity index (χ0n) is 17.1. The molecule has 1 aromatic heterocycles. The molecule has 1 heterocycles. The lowest BCUT2D eigenvalue weighted by Gasteiger charge is -2.22. The molecule has 30 heavy (non-hydrogen) atoms. The fourth-order valence-corrected chi connectivity index (χ4v) is 4.29. The summed E-state index contributed by atoms with van der Waals surface area (Å²) in [6.45, 7) is 4.76. The number of ether oxygens (including phenoxy) is 1. The van der Waals surface area contributed by atoms with Gasteiger partial charge >= 0.3 is 0 Å². The minimum atomic E-state index is -0.0920. The van der Waals surface area contributed by atoms with Gasteiger partial charge in [0.15, 0.2) is 11.7 Å². The van der Waals surface area contributed by atoms with Crippen LogP contribution in [0, 0.1) is 5.92 Å². The molecule has 0 radical (unpaired) electrons. The summed E-state index contributed by atoms with van der Waals surface area (Å²) in [6.07, 6.45) is 0. The zero-order valence-corrected chi connectivity index (χ0v) is 17.9. The molecule has 0 atom stereocenters. The van der Waals surface area contributed by atoms with E-state index >= 15 is 0 Å². The molecule has 0 aliphatic rings. The summed E-state index contributed by atoms with van der Waals surface area (Å²) in [4.78, 5) is 19.6. The molecular weight excluding hydrogens is 392 g/mol. The minimum Gasteiger partial charge on any atom is -0.483 e. The second-order valence-electron chi connectivity index (χ2n) is 7.51. The van der Waals surface area contributed by atoms with Crippen LogP contribution in [-0.4, -0.2) is 24.0 Å². The van der Waals surface area contributed by atoms with Crippen molar-refractivity contribution < 1.29 is 9.53 Å². The van der Waals surface area contributed by atoms with Crippen molar-refractivity contribution in [1.29, 1.82) is 0 Å². The van der Waals surface area contributed by atoms with E-state index in [2.05, 4.69) is 18.8 Å². The molecular formula is C25H24N2O2S. The Balaban J connectivity index is 1.55. The average Bonchev–Trinajstić information content (AvgIpc) is 3.20. The molecule has 4 nitrogen and oxygen atoms in total. The van der Waals surface area contributed by atoms with Gasteiger partial charge in [0, 0.05) is 12.1 Å². The molecule has 5 heteroatoms. The van der Waals surface area contributed by atoms with Gasteiger partial charge in [0.25, 0.3) is 5.91 Å². The van der Waals surface area contributed by atoms with E-state index in [0.29, 0.717) is 18.2 Å². The van der Waals surface area contributed by atoms with Crippen molar-refractivity contribution in [3.8, 4) is 16.9 Å². The second-order valence-corrected chi connectivity index (χ2v) is 8.52. The molecule has 3 aromatic carbocycles. The first-order chi connectivity index (χ1) is 14.6. The number of hydrogen-bond donors (Lipinski definition) is 0. The number of anilines is 1. The Hall–Kier alpha value is -3.18. The van der Waals surface area contributed by atoms with E-state index in [-0.39, 0.29) is 12.5 Å². The Bertz CT molecular complexity index is 1110. The Kier molecular flexibility index (Phi) is 6.10. The van der Waals surface area contributed by atoms with Crippen molar-refractivity contribution in [3.05, 3.63) is 78.9 Å². The van der Waals surface area contributed by atoms with Gasteiger partial charge in [0.2, 0.25) is 0 Å². The van der Waals surface area contributed by atoms with Crippen LogP contribution in [0.1, 0.15) is 13.8 Å². The number of hydrogen-bond acceptors (Lipinski definition) is 4. The predicted octanol–water partition coefficient (Wildman–Crippen LogP) is 6.03. The van der Waals surface area contributed by atoms with E-state index in [9.17, 15) is 4.79 Å². The van der Waals surface area contributed by atoms with Crippen LogP contribution < -0.4 is 9.64 Å². The number of carbonyl (C=O) groups excluding carboxylic acids is 1. The molecule has 0 fully saturated rings. The number of carbonyl (C=O) groups is 1. The summed E-state index contributed by atoms with van der Waals surface area (Å²) in [5, 5.41) is 0.717. The first-order valence-electron chi connectivity index (χ1n) is 10.0. The first kappa shape index (κ1) is 20.1. The molecule has 0 saturated carbocycles. The molecule has 0 aliphatic heterocycles. The highest BCUT2D eigenvalue weighted by Crippen LogP contribution is 2.31. The third-order valence-corrected chi connectivity index (χ3v) is 5.74. The minimum absolute atomic E-state index is 0.0352. The molecule has 0 bridgehead atoms. The second kappa shape index (κ2) is 9.09. The lowest BCUT2D eigenvalue weighted by atomic mass is 10.1. The summed E-state index contributed by atoms with van der Waals surface area (Å²) in [7, 11) is 0. The highest BCUT2D eigenvalue weighted by Gasteiger charge is 2.21. The number of nitrogens with zero attached hydrogens (tertiary/aromatic N) is 2. The van der Waals surface area contributed by atoms with Crippen molar-refractivity contribution in [1.82, 2.24) is 4.98 Å². The van der Waals surface area contributed by atoms with Crippen LogP contribution in [0.3, 0.4) is 0 Å². The number of amides is 1. The van der Waals surface area contributed by atoms with Crippen LogP contribution >= 0.6 is 11.3 Å². The maximum Gasteiger partial charge on any atom is 0.266 e. The van der Waals surface area contributed by atoms with Gasteiger partial charge in [0.05, 0.1) is 10.2 Å². The van der Waals surface area contributed by atoms with E-state index < -0.39 is 0 Å². The van der Waals surface area contributed by atoms with E-state index in [1.165, 1.54) is 11.3 Å². The van der Waals surface area contributed by atoms with Gasteiger partial charge < -0.3 is 4.74 Å². The number of fused-ring (bicyclic) bond motifs is 1. The van der Waals surface area contributed by atoms with Crippen molar-refractivity contribution >= 4 is 32.6 Å². The average molecular weight is 417 g/mol. The largest absolute Gasteiger partial charge is 0.483 e. The van der Waals surface area contributed by atoms with Crippen molar-refractivity contribution in [2.45, 2.75) is 13.8 Å². The molecule has 4 aromatic rings. The Morgan fingerprint density at radius 3 is 2.43 bits per heavy atom. The van der Waals surface area contributed by atoms with Gasteiger partial charge in [-0.05, 0) is 29.7 Å². The number of rotatable bonds is 7. The molecule has 4 rings (SSSR count). The van der Waals surface area contributed by atoms with Gasteiger partial charge in [-0.15, -0.1) is 0 Å². The fourth-order valence-electron chi connectivity index (χ4n) is 3.29. The molecule has 0 unspecified atom stereocenters. The van der Waals surface area contributed by atoms with Crippen LogP contribution in [0.2, 0.25) is 0 Å². The molecule has 0 N–H and O–H groups in total. The van der Waals surface area contributed by atoms with Crippen LogP contribution in [-0.2, 0) is 4.79 Å². The summed E-state index contributed by atoms with van der Waals surface area (Å²) < 4.78 is 7.07. The quantitative estimate of drug-likeness (QED) is 0.369. The number of thiazole rings is 1. The lowest BCUT2D eigenvalue weighted by molar-refractivity contribution is -0.120. The first-order valence-corrected chi connectivity index (χ1v) is 10.9. The Labute approximate surface area is 180 Å². The molecule has 0 saturated heterocycles. The molecule has 0 aliphatic carbocycles. The Morgan fingerprint density at radius 2 is 1.67 bits per heavy atom. The van der Waals surface area contributed by atoms with Crippen molar-refractivity contribution in [2.24, 2.45) is 5.92 Å². The summed E-state index contributed by atoms with van der Waals surface area (Å²) in [5.41, 5.74) is 2.95. The van der Waals surface area contributed by atoms with E-state index in [4.69, 9.17) is 4.74 Å². The van der Waals surface area contributed by atoms with Crippen LogP contribution in [0.15, 0.2) is 78.9 Å². The number of para-hydroxylation sites is 2. The smallest absolute Gasteiger partial charge is 0.266 e. The monoisotopic (exact) mass is 416 g/mol. The van der Waals surface area contributed by atoms with Gasteiger partial charge in [0.1, 0.15) is 5.75 Å². The number of aromatic nitrogens is 1. The van der Waals surface area contributed by atoms with Crippen LogP contribution in [0.5, 0.6) is 5.75 Å². The van der Waals surface area contributed by atoms with E-state index in [1.807, 2.05) is 78.9 Å². The molecule has 152 valence electrons. The normalized spacial score (nSPS) is 11.0. The van der Waals surface area contributed by atoms with Gasteiger partial charge in [-0.2, -0.15) is 0 Å². The standard InChI is InChI=1S/C25H24N2O2S/c1-18(2)16-27(25-26-21-13-7-9-15-23(21)30-25)24(28)17-29-22-14-8-6-12-20(22)19-10-4-3-5-11-19/h3-15,18H,16-17H2,1-2H3. The summed E-state index contributed by atoms with van der Waals surface area (Å²) >= 11 is 1.54. The van der Waals surface area contributed by atoms with E-state index in [0.717, 1.165) is 26.5 Å². The number of benzene rings is 3. The predicted molar refractivity (Wildman–Crippen MR) is 124 cm³/mol. The fraction of sp³-hybridized carbons (Fsp3) is 0.200. The highest BCUT2D eigenvalue weighted by molar-refractivity contribution is 7.22. The third-order valence-electron chi connectivity index (χ3n) is 4.69. The SMILES string of the molecule is CC(C)CN(C(=O)COc1ccccc1-c1ccccc1)c1nc2ccccc2s1. The zero-order chi connectivity index (χ0) is 20.9. The van der Waals surface area contributed by atoms with Crippen molar-refractivity contribution in [2.75, 3.05) is 18.1 Å². The highest BCUT2D eigenvalue weighted by atomic mass is 32.1. The Morgan fingerprint density at radius 1 is 0.967 bits per heavy atom. The van der Waals surface area contributed by atoms with Gasteiger partial charge in [-0.1, -0.05) is 85.8 Å². The topological polar surface area (TPSA) is 42.4 Å². The van der Waals surface area contributed by atoms with Crippen LogP contribution in [0.4, 0.5) is 5.13 Å². The third kappa shape index (κ3) is 4.52. The van der Waals surface area contributed by atoms with Crippen LogP contribution in [0.25, 0.3) is 21.3 Å². The van der Waals surface area contributed by atoms with Gasteiger partial charge in [-0.25, -0.2) is 4.98 Å². The maximum atomic E-state index is 13.1. The summed E-state index contributed by atoms with van der Waals surface area (Å²) in [6, 6.07) is 25.8. The lowest BCUT2D eigenvalue weighted by Crippen LogP contribution is -2.37. The summed E-state index contributed by atoms with van der Waals surface area (Å²) in [5.74, 6) is 0.925. The van der Waals surface area contributed by atoms with Crippen molar-refractivity contribution in [3.63, 3.8) is 0 Å². The van der Waals surface area contributed by atoms with Gasteiger partial charge in [-0.3, -0.25) is 9.69 Å². The maximum absolute atomic E-state index is 13.1. The molecule has 0 spiro atoms. The van der Waals surface area contributed by atoms with E-state index in [1.54, 1.807) is 4.90 Å².